The van der Waals surface area contributed by atoms with Crippen molar-refractivity contribution in [3.63, 3.8) is 0 Å². The molecule has 6 heteroatoms. The lowest BCUT2D eigenvalue weighted by Gasteiger charge is -2.03. The minimum absolute atomic E-state index is 0.00722. The van der Waals surface area contributed by atoms with E-state index in [0.717, 1.165) is 18.2 Å². The first-order valence-electron chi connectivity index (χ1n) is 4.05. The van der Waals surface area contributed by atoms with Crippen LogP contribution in [0.1, 0.15) is 17.6 Å². The topological polar surface area (TPSA) is 60.2 Å². The van der Waals surface area contributed by atoms with E-state index >= 15 is 0 Å². The molecule has 0 saturated heterocycles. The SMILES string of the molecule is O=CCc1cc(C(F)F)ccc1[N+](=O)[O-]. The number of nitrogens with zero attached hydrogens (tertiary/aromatic N) is 1. The molecule has 0 saturated carbocycles. The third-order valence-electron chi connectivity index (χ3n) is 1.86. The van der Waals surface area contributed by atoms with E-state index in [0.29, 0.717) is 6.29 Å². The van der Waals surface area contributed by atoms with Gasteiger partial charge in [-0.1, -0.05) is 0 Å². The van der Waals surface area contributed by atoms with E-state index in [4.69, 9.17) is 0 Å². The molecule has 0 heterocycles. The highest BCUT2D eigenvalue weighted by Gasteiger charge is 2.16. The molecule has 1 rings (SSSR count). The first-order valence-corrected chi connectivity index (χ1v) is 4.05. The Kier molecular flexibility index (Phi) is 3.43. The second-order valence-corrected chi connectivity index (χ2v) is 2.82. The fourth-order valence-corrected chi connectivity index (χ4v) is 1.17. The lowest BCUT2D eigenvalue weighted by atomic mass is 10.1. The number of carbonyl (C=O) groups excluding carboxylic acids is 1. The maximum absolute atomic E-state index is 12.3. The van der Waals surface area contributed by atoms with Gasteiger partial charge in [0.1, 0.15) is 6.29 Å². The maximum atomic E-state index is 12.3. The summed E-state index contributed by atoms with van der Waals surface area (Å²) in [5.74, 6) is 0. The molecule has 4 nitrogen and oxygen atoms in total. The largest absolute Gasteiger partial charge is 0.303 e. The lowest BCUT2D eigenvalue weighted by Crippen LogP contribution is -1.98. The van der Waals surface area contributed by atoms with E-state index in [9.17, 15) is 23.7 Å². The van der Waals surface area contributed by atoms with Crippen molar-refractivity contribution in [1.29, 1.82) is 0 Å². The molecule has 0 bridgehead atoms. The average Bonchev–Trinajstić information content (AvgIpc) is 2.17. The summed E-state index contributed by atoms with van der Waals surface area (Å²) in [5, 5.41) is 10.5. The van der Waals surface area contributed by atoms with E-state index in [-0.39, 0.29) is 23.2 Å². The highest BCUT2D eigenvalue weighted by molar-refractivity contribution is 5.59. The van der Waals surface area contributed by atoms with Crippen LogP contribution >= 0.6 is 0 Å². The number of halogens is 2. The van der Waals surface area contributed by atoms with Crippen LogP contribution < -0.4 is 0 Å². The van der Waals surface area contributed by atoms with E-state index in [1.54, 1.807) is 0 Å². The molecule has 0 aliphatic carbocycles. The molecule has 0 unspecified atom stereocenters. The number of hydrogen-bond donors (Lipinski definition) is 0. The van der Waals surface area contributed by atoms with Crippen LogP contribution in [0.25, 0.3) is 0 Å². The zero-order chi connectivity index (χ0) is 11.4. The highest BCUT2D eigenvalue weighted by atomic mass is 19.3. The predicted molar refractivity (Wildman–Crippen MR) is 47.8 cm³/mol. The first-order chi connectivity index (χ1) is 7.06. The van der Waals surface area contributed by atoms with Crippen molar-refractivity contribution >= 4 is 12.0 Å². The van der Waals surface area contributed by atoms with Gasteiger partial charge in [0.05, 0.1) is 4.92 Å². The molecule has 0 aliphatic heterocycles. The van der Waals surface area contributed by atoms with Crippen LogP contribution in [0.3, 0.4) is 0 Å². The van der Waals surface area contributed by atoms with E-state index in [1.165, 1.54) is 0 Å². The third-order valence-corrected chi connectivity index (χ3v) is 1.86. The van der Waals surface area contributed by atoms with Gasteiger partial charge in [-0.25, -0.2) is 8.78 Å². The summed E-state index contributed by atoms with van der Waals surface area (Å²) in [7, 11) is 0. The molecule has 15 heavy (non-hydrogen) atoms. The first kappa shape index (κ1) is 11.2. The molecule has 0 aromatic heterocycles. The number of alkyl halides is 2. The number of nitro benzene ring substituents is 1. The van der Waals surface area contributed by atoms with Gasteiger partial charge in [-0.3, -0.25) is 10.1 Å². The Bertz CT molecular complexity index is 393. The van der Waals surface area contributed by atoms with E-state index < -0.39 is 11.3 Å². The Balaban J connectivity index is 3.20. The molecule has 0 fully saturated rings. The fourth-order valence-electron chi connectivity index (χ4n) is 1.17. The maximum Gasteiger partial charge on any atom is 0.273 e. The number of nitro groups is 1. The van der Waals surface area contributed by atoms with Gasteiger partial charge in [0.2, 0.25) is 0 Å². The molecule has 1 aromatic rings. The Morgan fingerprint density at radius 2 is 2.13 bits per heavy atom. The summed E-state index contributed by atoms with van der Waals surface area (Å²) in [5.41, 5.74) is -0.628. The Morgan fingerprint density at radius 3 is 2.60 bits per heavy atom. The van der Waals surface area contributed by atoms with Gasteiger partial charge in [0.25, 0.3) is 12.1 Å². The highest BCUT2D eigenvalue weighted by Crippen LogP contribution is 2.25. The van der Waals surface area contributed by atoms with Crippen LogP contribution in [0.2, 0.25) is 0 Å². The zero-order valence-electron chi connectivity index (χ0n) is 7.52. The fraction of sp³-hybridized carbons (Fsp3) is 0.222. The van der Waals surface area contributed by atoms with Crippen molar-refractivity contribution in [2.75, 3.05) is 0 Å². The molecule has 1 aromatic carbocycles. The average molecular weight is 215 g/mol. The van der Waals surface area contributed by atoms with Gasteiger partial charge < -0.3 is 4.79 Å². The van der Waals surface area contributed by atoms with Gasteiger partial charge in [-0.05, 0) is 12.1 Å². The summed E-state index contributed by atoms with van der Waals surface area (Å²) in [6.07, 6.45) is -2.50. The van der Waals surface area contributed by atoms with Gasteiger partial charge in [0, 0.05) is 23.6 Å². The quantitative estimate of drug-likeness (QED) is 0.439. The smallest absolute Gasteiger partial charge is 0.273 e. The van der Waals surface area contributed by atoms with Crippen molar-refractivity contribution in [2.24, 2.45) is 0 Å². The second-order valence-electron chi connectivity index (χ2n) is 2.82. The van der Waals surface area contributed by atoms with Gasteiger partial charge in [-0.2, -0.15) is 0 Å². The Hall–Kier alpha value is -1.85. The van der Waals surface area contributed by atoms with Crippen molar-refractivity contribution in [3.05, 3.63) is 39.4 Å². The van der Waals surface area contributed by atoms with Crippen LogP contribution in [0.4, 0.5) is 14.5 Å². The second kappa shape index (κ2) is 4.59. The molecular weight excluding hydrogens is 208 g/mol. The molecule has 0 aliphatic rings. The Morgan fingerprint density at radius 1 is 1.47 bits per heavy atom. The third kappa shape index (κ3) is 2.55. The number of hydrogen-bond acceptors (Lipinski definition) is 3. The lowest BCUT2D eigenvalue weighted by molar-refractivity contribution is -0.385. The normalized spacial score (nSPS) is 10.3. The van der Waals surface area contributed by atoms with Crippen LogP contribution in [0.5, 0.6) is 0 Å². The van der Waals surface area contributed by atoms with E-state index in [1.807, 2.05) is 0 Å². The van der Waals surface area contributed by atoms with Gasteiger partial charge in [0.15, 0.2) is 0 Å². The van der Waals surface area contributed by atoms with Crippen molar-refractivity contribution < 1.29 is 18.5 Å². The van der Waals surface area contributed by atoms with Crippen LogP contribution in [-0.4, -0.2) is 11.2 Å². The summed E-state index contributed by atoms with van der Waals surface area (Å²) < 4.78 is 24.5. The van der Waals surface area contributed by atoms with Crippen LogP contribution in [-0.2, 0) is 11.2 Å². The molecule has 0 spiro atoms. The molecule has 0 amide bonds. The summed E-state index contributed by atoms with van der Waals surface area (Å²) in [4.78, 5) is 20.0. The number of rotatable bonds is 4. The summed E-state index contributed by atoms with van der Waals surface area (Å²) in [6.45, 7) is 0. The predicted octanol–water partition coefficient (Wildman–Crippen LogP) is 2.27. The molecule has 0 N–H and O–H groups in total. The summed E-state index contributed by atoms with van der Waals surface area (Å²) >= 11 is 0. The van der Waals surface area contributed by atoms with Crippen LogP contribution in [0, 0.1) is 10.1 Å². The van der Waals surface area contributed by atoms with Gasteiger partial charge in [-0.15, -0.1) is 0 Å². The Labute approximate surface area is 83.7 Å². The number of carbonyl (C=O) groups is 1. The van der Waals surface area contributed by atoms with E-state index in [2.05, 4.69) is 0 Å². The minimum Gasteiger partial charge on any atom is -0.303 e. The number of benzene rings is 1. The molecule has 80 valence electrons. The molecule has 0 radical (unpaired) electrons. The summed E-state index contributed by atoms with van der Waals surface area (Å²) in [6, 6.07) is 2.95. The monoisotopic (exact) mass is 215 g/mol. The standard InChI is InChI=1S/C9H7F2NO3/c10-9(11)7-1-2-8(12(14)15)6(5-7)3-4-13/h1-2,4-5,9H,3H2. The van der Waals surface area contributed by atoms with Crippen molar-refractivity contribution in [3.8, 4) is 0 Å². The zero-order valence-corrected chi connectivity index (χ0v) is 7.52. The number of aldehydes is 1. The molecule has 0 atom stereocenters. The molecular formula is C9H7F2NO3. The minimum atomic E-state index is -2.70. The van der Waals surface area contributed by atoms with Crippen molar-refractivity contribution in [2.45, 2.75) is 12.8 Å². The van der Waals surface area contributed by atoms with Crippen molar-refractivity contribution in [1.82, 2.24) is 0 Å². The van der Waals surface area contributed by atoms with Gasteiger partial charge >= 0.3 is 0 Å². The van der Waals surface area contributed by atoms with Crippen LogP contribution in [0.15, 0.2) is 18.2 Å².